The van der Waals surface area contributed by atoms with Gasteiger partial charge in [0, 0.05) is 44.6 Å². The molecule has 0 fully saturated rings. The highest BCUT2D eigenvalue weighted by atomic mass is 127. The summed E-state index contributed by atoms with van der Waals surface area (Å²) in [6.45, 7) is 0. The molecule has 0 aliphatic carbocycles. The third kappa shape index (κ3) is 3.37. The summed E-state index contributed by atoms with van der Waals surface area (Å²) in [6.07, 6.45) is 10.4. The highest BCUT2D eigenvalue weighted by Crippen LogP contribution is 2.45. The smallest absolute Gasteiger partial charge is 0.256 e. The minimum atomic E-state index is 0.957. The van der Waals surface area contributed by atoms with Gasteiger partial charge in [-0.3, -0.25) is 4.98 Å². The molecule has 6 heteroatoms. The molecule has 0 saturated heterocycles. The van der Waals surface area contributed by atoms with E-state index in [0.29, 0.717) is 0 Å². The summed E-state index contributed by atoms with van der Waals surface area (Å²) in [7, 11) is 0. The summed E-state index contributed by atoms with van der Waals surface area (Å²) in [5.41, 5.74) is 5.66. The van der Waals surface area contributed by atoms with Crippen molar-refractivity contribution in [3.63, 3.8) is 0 Å². The van der Waals surface area contributed by atoms with Crippen molar-refractivity contribution < 1.29 is 5.56 Å². The van der Waals surface area contributed by atoms with Gasteiger partial charge < -0.3 is 0 Å². The van der Waals surface area contributed by atoms with Gasteiger partial charge in [-0.1, -0.05) is 24.3 Å². The van der Waals surface area contributed by atoms with Gasteiger partial charge in [-0.15, -0.1) is 16.9 Å². The van der Waals surface area contributed by atoms with E-state index in [1.165, 1.54) is 47.4 Å². The summed E-state index contributed by atoms with van der Waals surface area (Å²) in [5.74, 6) is 0. The number of hydrogen-bond acceptors (Lipinski definition) is 2. The van der Waals surface area contributed by atoms with Crippen LogP contribution >= 0.6 is 57.1 Å². The first-order valence-corrected chi connectivity index (χ1v) is 14.0. The molecule has 0 radical (unpaired) electrons. The Morgan fingerprint density at radius 2 is 1.54 bits per heavy atom. The number of thiophene rings is 1. The fourth-order valence-corrected chi connectivity index (χ4v) is 7.48. The second-order valence-electron chi connectivity index (χ2n) is 8.43. The van der Waals surface area contributed by atoms with Gasteiger partial charge in [0.2, 0.25) is 11.2 Å². The molecule has 4 heterocycles. The van der Waals surface area contributed by atoms with Crippen LogP contribution < -0.4 is 5.56 Å². The average Bonchev–Trinajstić information content (AvgIpc) is 3.27. The van der Waals surface area contributed by atoms with Crippen molar-refractivity contribution in [1.29, 1.82) is 0 Å². The fraction of sp³-hybridized carbons (Fsp3) is 0. The molecule has 3 aromatic carbocycles. The molecule has 0 aliphatic heterocycles. The Hall–Kier alpha value is -2.69. The molecule has 35 heavy (non-hydrogen) atoms. The van der Waals surface area contributed by atoms with Gasteiger partial charge in [0.1, 0.15) is 0 Å². The lowest BCUT2D eigenvalue weighted by atomic mass is 9.94. The van der Waals surface area contributed by atoms with Crippen LogP contribution in [0.5, 0.6) is 0 Å². The number of pyridine rings is 3. The molecule has 166 valence electrons. The minimum absolute atomic E-state index is 0.957. The van der Waals surface area contributed by atoms with E-state index in [1.54, 1.807) is 0 Å². The third-order valence-corrected chi connectivity index (χ3v) is 9.28. The van der Waals surface area contributed by atoms with Crippen molar-refractivity contribution in [2.24, 2.45) is 0 Å². The number of halogens is 2. The topological polar surface area (TPSA) is 20.6 Å². The van der Waals surface area contributed by atoms with E-state index in [-0.39, 0.29) is 0 Å². The molecule has 0 amide bonds. The summed E-state index contributed by atoms with van der Waals surface area (Å²) >= 11 is 6.61. The first kappa shape index (κ1) is 21.6. The molecular formula is C29H17I2N3S+2. The number of hydrogen-bond donors (Lipinski definition) is 0. The van der Waals surface area contributed by atoms with Crippen LogP contribution in [0.1, 0.15) is 11.3 Å². The van der Waals surface area contributed by atoms with Crippen LogP contribution in [0.15, 0.2) is 91.4 Å². The maximum absolute atomic E-state index is 4.73. The van der Waals surface area contributed by atoms with Crippen molar-refractivity contribution in [2.45, 2.75) is 0 Å². The maximum atomic E-state index is 4.73. The molecule has 0 spiro atoms. The summed E-state index contributed by atoms with van der Waals surface area (Å²) < 4.78 is 7.01. The quantitative estimate of drug-likeness (QED) is 0.136. The first-order valence-electron chi connectivity index (χ1n) is 11.2. The summed E-state index contributed by atoms with van der Waals surface area (Å²) in [4.78, 5) is 4.73. The predicted octanol–water partition coefficient (Wildman–Crippen LogP) is 8.00. The largest absolute Gasteiger partial charge is 0.354 e. The van der Waals surface area contributed by atoms with Crippen LogP contribution in [0.3, 0.4) is 0 Å². The van der Waals surface area contributed by atoms with E-state index in [1.807, 2.05) is 29.7 Å². The Kier molecular flexibility index (Phi) is 5.22. The van der Waals surface area contributed by atoms with Gasteiger partial charge >= 0.3 is 45.7 Å². The van der Waals surface area contributed by atoms with Gasteiger partial charge in [0.05, 0.1) is 22.0 Å². The minimum Gasteiger partial charge on any atom is -0.256 e. The fourth-order valence-electron chi connectivity index (χ4n) is 5.05. The van der Waals surface area contributed by atoms with Crippen LogP contribution in [0.4, 0.5) is 0 Å². The number of fused-ring (bicyclic) bond motifs is 3. The SMILES string of the molecule is I[n+]1ccccc1-c1cccnc1/C=C/c1ccc2sc3cccc4c5ccc[n+](I)c5c1c2c34. The van der Waals surface area contributed by atoms with E-state index < -0.39 is 0 Å². The molecule has 0 N–H and O–H groups in total. The van der Waals surface area contributed by atoms with Gasteiger partial charge in [0.15, 0.2) is 12.4 Å². The Balaban J connectivity index is 1.52. The first-order chi connectivity index (χ1) is 17.2. The molecule has 0 saturated carbocycles. The predicted molar refractivity (Wildman–Crippen MR) is 163 cm³/mol. The molecule has 7 aromatic rings. The molecule has 4 aromatic heterocycles. The highest BCUT2D eigenvalue weighted by Gasteiger charge is 2.22. The van der Waals surface area contributed by atoms with Gasteiger partial charge in [-0.05, 0) is 53.4 Å². The molecule has 0 atom stereocenters. The van der Waals surface area contributed by atoms with Crippen molar-refractivity contribution in [2.75, 3.05) is 0 Å². The lowest BCUT2D eigenvalue weighted by Crippen LogP contribution is -2.21. The Morgan fingerprint density at radius 1 is 0.686 bits per heavy atom. The third-order valence-electron chi connectivity index (χ3n) is 6.52. The standard InChI is InChI=1S/C29H17I2N3S/c30-33-16-2-1-9-23(33)21-7-4-15-32-22(21)13-11-18-12-14-25-28-26(18)29-20(8-5-17-34(29)31)19-6-3-10-24(35-25)27(19)28/h1-17H/q+2/b13-11+. The molecule has 0 bridgehead atoms. The van der Waals surface area contributed by atoms with E-state index in [4.69, 9.17) is 4.98 Å². The number of benzene rings is 3. The monoisotopic (exact) mass is 693 g/mol. The Bertz CT molecular complexity index is 1940. The van der Waals surface area contributed by atoms with Crippen molar-refractivity contribution in [3.8, 4) is 11.3 Å². The lowest BCUT2D eigenvalue weighted by molar-refractivity contribution is -0.427. The molecule has 7 rings (SSSR count). The van der Waals surface area contributed by atoms with E-state index in [2.05, 4.69) is 136 Å². The number of rotatable bonds is 3. The molecule has 0 aliphatic rings. The second-order valence-corrected chi connectivity index (χ2v) is 11.6. The molecule has 0 unspecified atom stereocenters. The lowest BCUT2D eigenvalue weighted by Gasteiger charge is -2.09. The van der Waals surface area contributed by atoms with Gasteiger partial charge in [-0.25, -0.2) is 0 Å². The van der Waals surface area contributed by atoms with Crippen molar-refractivity contribution in [1.82, 2.24) is 4.98 Å². The summed E-state index contributed by atoms with van der Waals surface area (Å²) in [5, 5.41) is 6.65. The van der Waals surface area contributed by atoms with Crippen molar-refractivity contribution >= 4 is 111 Å². The zero-order chi connectivity index (χ0) is 23.5. The Morgan fingerprint density at radius 3 is 2.46 bits per heavy atom. The van der Waals surface area contributed by atoms with Crippen LogP contribution in [0.2, 0.25) is 0 Å². The van der Waals surface area contributed by atoms with E-state index >= 15 is 0 Å². The second kappa shape index (κ2) is 8.46. The average molecular weight is 693 g/mol. The van der Waals surface area contributed by atoms with Crippen LogP contribution in [0, 0.1) is 0 Å². The zero-order valence-corrected chi connectivity index (χ0v) is 23.5. The normalized spacial score (nSPS) is 12.2. The van der Waals surface area contributed by atoms with Crippen LogP contribution in [-0.2, 0) is 0 Å². The molecular weight excluding hydrogens is 676 g/mol. The number of aromatic nitrogens is 3. The zero-order valence-electron chi connectivity index (χ0n) is 18.3. The number of nitrogens with zero attached hydrogens (tertiary/aromatic N) is 3. The Labute approximate surface area is 233 Å². The van der Waals surface area contributed by atoms with Gasteiger partial charge in [-0.2, -0.15) is 0 Å². The van der Waals surface area contributed by atoms with Crippen LogP contribution in [-0.4, -0.2) is 4.98 Å². The van der Waals surface area contributed by atoms with Crippen LogP contribution in [0.25, 0.3) is 65.3 Å². The van der Waals surface area contributed by atoms with E-state index in [9.17, 15) is 0 Å². The summed E-state index contributed by atoms with van der Waals surface area (Å²) in [6, 6.07) is 26.0. The highest BCUT2D eigenvalue weighted by molar-refractivity contribution is 14.1. The van der Waals surface area contributed by atoms with Crippen molar-refractivity contribution in [3.05, 3.63) is 103 Å². The van der Waals surface area contributed by atoms with Gasteiger partial charge in [0.25, 0.3) is 0 Å². The maximum Gasteiger partial charge on any atom is 0.354 e. The van der Waals surface area contributed by atoms with E-state index in [0.717, 1.165) is 17.0 Å². The molecule has 3 nitrogen and oxygen atoms in total.